The van der Waals surface area contributed by atoms with E-state index >= 15 is 0 Å². The average Bonchev–Trinajstić information content (AvgIpc) is 1.35. The van der Waals surface area contributed by atoms with Crippen LogP contribution in [0.1, 0.15) is 0 Å². The minimum Gasteiger partial charge on any atom is -0.146 e. The molecule has 0 unspecified atom stereocenters. The monoisotopic (exact) mass is 139 g/mol. The molecule has 0 bridgehead atoms. The standard InChI is InChI=1S/C3H5Cl2Si/c1-2-3-6(4)5/h2H,1,3H2. The topological polar surface area (TPSA) is 0 Å². The average molecular weight is 140 g/mol. The van der Waals surface area contributed by atoms with Crippen molar-refractivity contribution in [3.63, 3.8) is 0 Å². The van der Waals surface area contributed by atoms with Gasteiger partial charge < -0.3 is 0 Å². The van der Waals surface area contributed by atoms with Crippen LogP contribution in [-0.4, -0.2) is 7.42 Å². The van der Waals surface area contributed by atoms with Gasteiger partial charge in [-0.25, -0.2) is 0 Å². The summed E-state index contributed by atoms with van der Waals surface area (Å²) in [7, 11) is -1.06. The molecule has 0 nitrogen and oxygen atoms in total. The van der Waals surface area contributed by atoms with Gasteiger partial charge >= 0.3 is 0 Å². The highest BCUT2D eigenvalue weighted by molar-refractivity contribution is 7.33. The number of rotatable bonds is 2. The Bertz CT molecular complexity index is 44.1. The fraction of sp³-hybridized carbons (Fsp3) is 0.333. The van der Waals surface area contributed by atoms with Crippen LogP contribution in [-0.2, 0) is 0 Å². The van der Waals surface area contributed by atoms with Crippen molar-refractivity contribution in [2.75, 3.05) is 0 Å². The van der Waals surface area contributed by atoms with E-state index < -0.39 is 7.42 Å². The molecule has 6 heavy (non-hydrogen) atoms. The van der Waals surface area contributed by atoms with Crippen LogP contribution in [0.15, 0.2) is 12.7 Å². The fourth-order valence-corrected chi connectivity index (χ4v) is 0.982. The van der Waals surface area contributed by atoms with Gasteiger partial charge in [-0.15, -0.1) is 28.7 Å². The van der Waals surface area contributed by atoms with Crippen LogP contribution in [0.2, 0.25) is 6.04 Å². The van der Waals surface area contributed by atoms with Gasteiger partial charge in [-0.1, -0.05) is 6.08 Å². The molecule has 0 saturated heterocycles. The largest absolute Gasteiger partial charge is 0.277 e. The predicted molar refractivity (Wildman–Crippen MR) is 32.5 cm³/mol. The molecule has 35 valence electrons. The number of hydrogen-bond acceptors (Lipinski definition) is 0. The van der Waals surface area contributed by atoms with Gasteiger partial charge in [-0.05, 0) is 6.04 Å². The van der Waals surface area contributed by atoms with Crippen molar-refractivity contribution < 1.29 is 0 Å². The molecule has 0 aliphatic rings. The molecule has 0 aromatic carbocycles. The fourth-order valence-electron chi connectivity index (χ4n) is 0.109. The van der Waals surface area contributed by atoms with Gasteiger partial charge in [0.15, 0.2) is 0 Å². The molecule has 1 radical (unpaired) electrons. The first-order valence-corrected chi connectivity index (χ1v) is 5.28. The molecule has 0 N–H and O–H groups in total. The van der Waals surface area contributed by atoms with Crippen molar-refractivity contribution in [3.8, 4) is 0 Å². The summed E-state index contributed by atoms with van der Waals surface area (Å²) in [6.45, 7) is 3.46. The molecule has 0 aromatic heterocycles. The molecular formula is C3H5Cl2Si. The molecule has 3 heteroatoms. The van der Waals surface area contributed by atoms with Crippen molar-refractivity contribution in [2.45, 2.75) is 6.04 Å². The van der Waals surface area contributed by atoms with Crippen molar-refractivity contribution in [3.05, 3.63) is 12.7 Å². The third-order valence-electron chi connectivity index (χ3n) is 0.299. The number of allylic oxidation sites excluding steroid dienone is 1. The first-order chi connectivity index (χ1) is 2.77. The molecule has 0 heterocycles. The molecular weight excluding hydrogens is 135 g/mol. The van der Waals surface area contributed by atoms with Crippen LogP contribution < -0.4 is 0 Å². The van der Waals surface area contributed by atoms with E-state index in [9.17, 15) is 0 Å². The van der Waals surface area contributed by atoms with Gasteiger partial charge in [-0.3, -0.25) is 0 Å². The van der Waals surface area contributed by atoms with Gasteiger partial charge in [-0.2, -0.15) is 0 Å². The van der Waals surface area contributed by atoms with E-state index in [1.54, 1.807) is 6.08 Å². The van der Waals surface area contributed by atoms with Crippen LogP contribution in [0.25, 0.3) is 0 Å². The quantitative estimate of drug-likeness (QED) is 0.313. The molecule has 0 atom stereocenters. The smallest absolute Gasteiger partial charge is 0.146 e. The van der Waals surface area contributed by atoms with E-state index in [0.29, 0.717) is 0 Å². The maximum Gasteiger partial charge on any atom is 0.277 e. The summed E-state index contributed by atoms with van der Waals surface area (Å²) in [6.07, 6.45) is 1.73. The third-order valence-corrected chi connectivity index (χ3v) is 1.82. The second-order valence-corrected chi connectivity index (χ2v) is 5.23. The van der Waals surface area contributed by atoms with Crippen LogP contribution in [0, 0.1) is 0 Å². The highest BCUT2D eigenvalue weighted by Gasteiger charge is 1.95. The van der Waals surface area contributed by atoms with E-state index in [2.05, 4.69) is 6.58 Å². The lowest BCUT2D eigenvalue weighted by Crippen LogP contribution is -1.84. The Morgan fingerprint density at radius 3 is 2.17 bits per heavy atom. The van der Waals surface area contributed by atoms with E-state index in [-0.39, 0.29) is 0 Å². The Morgan fingerprint density at radius 1 is 1.67 bits per heavy atom. The number of halogens is 2. The first-order valence-electron chi connectivity index (χ1n) is 1.55. The van der Waals surface area contributed by atoms with Gasteiger partial charge in [0, 0.05) is 0 Å². The minimum absolute atomic E-state index is 0.772. The first kappa shape index (κ1) is 6.54. The SMILES string of the molecule is C=CC[Si](Cl)Cl. The molecule has 0 aliphatic carbocycles. The van der Waals surface area contributed by atoms with Gasteiger partial charge in [0.2, 0.25) is 0 Å². The second-order valence-electron chi connectivity index (χ2n) is 0.831. The van der Waals surface area contributed by atoms with Crippen molar-refractivity contribution in [1.29, 1.82) is 0 Å². The number of hydrogen-bond donors (Lipinski definition) is 0. The van der Waals surface area contributed by atoms with Crippen LogP contribution in [0.4, 0.5) is 0 Å². The zero-order valence-electron chi connectivity index (χ0n) is 3.25. The summed E-state index contributed by atoms with van der Waals surface area (Å²) >= 11 is 10.7. The lowest BCUT2D eigenvalue weighted by Gasteiger charge is -1.82. The second kappa shape index (κ2) is 3.72. The van der Waals surface area contributed by atoms with Crippen molar-refractivity contribution >= 4 is 29.6 Å². The van der Waals surface area contributed by atoms with Crippen LogP contribution in [0.3, 0.4) is 0 Å². The van der Waals surface area contributed by atoms with E-state index in [0.717, 1.165) is 6.04 Å². The Kier molecular flexibility index (Phi) is 4.05. The van der Waals surface area contributed by atoms with E-state index in [1.165, 1.54) is 0 Å². The molecule has 0 spiro atoms. The molecule has 0 saturated carbocycles. The Morgan fingerprint density at radius 2 is 2.17 bits per heavy atom. The molecule has 0 aromatic rings. The molecule has 0 fully saturated rings. The lowest BCUT2D eigenvalue weighted by molar-refractivity contribution is 1.74. The van der Waals surface area contributed by atoms with Gasteiger partial charge in [0.1, 0.15) is 0 Å². The zero-order chi connectivity index (χ0) is 4.99. The highest BCUT2D eigenvalue weighted by Crippen LogP contribution is 2.01. The van der Waals surface area contributed by atoms with Crippen LogP contribution >= 0.6 is 22.2 Å². The molecule has 0 amide bonds. The van der Waals surface area contributed by atoms with E-state index in [1.807, 2.05) is 0 Å². The van der Waals surface area contributed by atoms with Gasteiger partial charge in [0.05, 0.1) is 0 Å². The minimum atomic E-state index is -1.06. The summed E-state index contributed by atoms with van der Waals surface area (Å²) in [4.78, 5) is 0. The summed E-state index contributed by atoms with van der Waals surface area (Å²) < 4.78 is 0. The molecule has 0 aliphatic heterocycles. The highest BCUT2D eigenvalue weighted by atomic mass is 35.7. The Balaban J connectivity index is 2.81. The van der Waals surface area contributed by atoms with Crippen molar-refractivity contribution in [2.24, 2.45) is 0 Å². The Labute approximate surface area is 48.8 Å². The van der Waals surface area contributed by atoms with Crippen molar-refractivity contribution in [1.82, 2.24) is 0 Å². The maximum atomic E-state index is 5.37. The summed E-state index contributed by atoms with van der Waals surface area (Å²) in [5.74, 6) is 0. The normalized spacial score (nSPS) is 9.17. The summed E-state index contributed by atoms with van der Waals surface area (Å²) in [5, 5.41) is 0. The van der Waals surface area contributed by atoms with E-state index in [4.69, 9.17) is 22.2 Å². The lowest BCUT2D eigenvalue weighted by atomic mass is 10.8. The maximum absolute atomic E-state index is 5.37. The van der Waals surface area contributed by atoms with Crippen LogP contribution in [0.5, 0.6) is 0 Å². The summed E-state index contributed by atoms with van der Waals surface area (Å²) in [5.41, 5.74) is 0. The third kappa shape index (κ3) is 4.54. The van der Waals surface area contributed by atoms with Gasteiger partial charge in [0.25, 0.3) is 7.42 Å². The molecule has 0 rings (SSSR count). The predicted octanol–water partition coefficient (Wildman–Crippen LogP) is 2.14. The summed E-state index contributed by atoms with van der Waals surface area (Å²) in [6, 6.07) is 0.772. The zero-order valence-corrected chi connectivity index (χ0v) is 5.76. The Hall–Kier alpha value is 0.537.